The van der Waals surface area contributed by atoms with Gasteiger partial charge in [-0.15, -0.1) is 0 Å². The molecule has 0 aromatic heterocycles. The van der Waals surface area contributed by atoms with Crippen LogP contribution in [0.5, 0.6) is 0 Å². The van der Waals surface area contributed by atoms with Crippen molar-refractivity contribution in [2.75, 3.05) is 13.7 Å². The van der Waals surface area contributed by atoms with E-state index in [1.54, 1.807) is 14.0 Å². The summed E-state index contributed by atoms with van der Waals surface area (Å²) in [5.74, 6) is 0.0138. The van der Waals surface area contributed by atoms with E-state index in [9.17, 15) is 10.2 Å². The molecule has 2 aliphatic rings. The Balaban J connectivity index is 2.22. The highest BCUT2D eigenvalue weighted by Crippen LogP contribution is 2.46. The fourth-order valence-electron chi connectivity index (χ4n) is 2.92. The smallest absolute Gasteiger partial charge is 0.163 e. The van der Waals surface area contributed by atoms with E-state index >= 15 is 0 Å². The molecular weight excluding hydrogens is 184 g/mol. The van der Waals surface area contributed by atoms with Crippen LogP contribution >= 0.6 is 0 Å². The second-order valence-electron chi connectivity index (χ2n) is 4.58. The molecule has 0 aromatic carbocycles. The Morgan fingerprint density at radius 3 is 2.86 bits per heavy atom. The van der Waals surface area contributed by atoms with Crippen molar-refractivity contribution in [2.24, 2.45) is 11.8 Å². The third kappa shape index (κ3) is 1.46. The predicted molar refractivity (Wildman–Crippen MR) is 49.6 cm³/mol. The van der Waals surface area contributed by atoms with Gasteiger partial charge in [0, 0.05) is 19.4 Å². The largest absolute Gasteiger partial charge is 0.393 e. The van der Waals surface area contributed by atoms with Crippen molar-refractivity contribution in [1.29, 1.82) is 0 Å². The third-order valence-electron chi connectivity index (χ3n) is 3.55. The first-order valence-electron chi connectivity index (χ1n) is 5.11. The van der Waals surface area contributed by atoms with Crippen molar-refractivity contribution in [3.8, 4) is 0 Å². The van der Waals surface area contributed by atoms with E-state index in [4.69, 9.17) is 9.47 Å². The lowest BCUT2D eigenvalue weighted by molar-refractivity contribution is -0.223. The first kappa shape index (κ1) is 10.4. The van der Waals surface area contributed by atoms with E-state index in [0.29, 0.717) is 13.0 Å². The first-order valence-corrected chi connectivity index (χ1v) is 5.11. The Morgan fingerprint density at radius 2 is 2.21 bits per heavy atom. The van der Waals surface area contributed by atoms with Crippen LogP contribution in [0.4, 0.5) is 0 Å². The topological polar surface area (TPSA) is 58.9 Å². The number of hydrogen-bond donors (Lipinski definition) is 2. The average molecular weight is 202 g/mol. The van der Waals surface area contributed by atoms with Crippen molar-refractivity contribution in [1.82, 2.24) is 0 Å². The number of aliphatic hydroxyl groups is 2. The Morgan fingerprint density at radius 1 is 1.50 bits per heavy atom. The van der Waals surface area contributed by atoms with Gasteiger partial charge in [0.2, 0.25) is 0 Å². The molecule has 1 saturated carbocycles. The highest BCUT2D eigenvalue weighted by Gasteiger charge is 2.54. The lowest BCUT2D eigenvalue weighted by Crippen LogP contribution is -2.46. The molecule has 14 heavy (non-hydrogen) atoms. The molecule has 2 unspecified atom stereocenters. The quantitative estimate of drug-likeness (QED) is 0.634. The van der Waals surface area contributed by atoms with Crippen molar-refractivity contribution in [3.05, 3.63) is 0 Å². The van der Waals surface area contributed by atoms with Gasteiger partial charge in [0.15, 0.2) is 6.29 Å². The standard InChI is InChI=1S/C10H18O4/c1-10(12)5-7(11)6-3-4-14-9(13-2)8(6)10/h6-9,11-12H,3-5H2,1-2H3/t6-,7?,8+,9?,10+/m0/s1. The van der Waals surface area contributed by atoms with Gasteiger partial charge in [-0.1, -0.05) is 0 Å². The zero-order valence-electron chi connectivity index (χ0n) is 8.64. The molecule has 0 radical (unpaired) electrons. The van der Waals surface area contributed by atoms with E-state index in [-0.39, 0.29) is 18.1 Å². The minimum absolute atomic E-state index is 0.101. The maximum atomic E-state index is 10.1. The minimum Gasteiger partial charge on any atom is -0.393 e. The van der Waals surface area contributed by atoms with Gasteiger partial charge < -0.3 is 19.7 Å². The maximum absolute atomic E-state index is 10.1. The van der Waals surface area contributed by atoms with Crippen molar-refractivity contribution in [2.45, 2.75) is 37.8 Å². The average Bonchev–Trinajstić information content (AvgIpc) is 2.38. The molecule has 2 fully saturated rings. The SMILES string of the molecule is COC1OCC[C@H]2C(O)C[C@@](C)(O)[C@@H]12. The fraction of sp³-hybridized carbons (Fsp3) is 1.00. The van der Waals surface area contributed by atoms with Gasteiger partial charge in [0.05, 0.1) is 18.3 Å². The van der Waals surface area contributed by atoms with Gasteiger partial charge in [0.1, 0.15) is 0 Å². The molecule has 0 amide bonds. The van der Waals surface area contributed by atoms with E-state index < -0.39 is 11.7 Å². The van der Waals surface area contributed by atoms with Crippen LogP contribution in [0.15, 0.2) is 0 Å². The Labute approximate surface area is 83.8 Å². The zero-order valence-corrected chi connectivity index (χ0v) is 8.64. The van der Waals surface area contributed by atoms with Gasteiger partial charge in [-0.3, -0.25) is 0 Å². The van der Waals surface area contributed by atoms with Crippen molar-refractivity contribution >= 4 is 0 Å². The van der Waals surface area contributed by atoms with Crippen LogP contribution in [-0.2, 0) is 9.47 Å². The predicted octanol–water partition coefficient (Wildman–Crippen LogP) is 0.127. The molecule has 2 N–H and O–H groups in total. The monoisotopic (exact) mass is 202 g/mol. The summed E-state index contributed by atoms with van der Waals surface area (Å²) in [5, 5.41) is 19.9. The molecule has 1 heterocycles. The van der Waals surface area contributed by atoms with Gasteiger partial charge in [0.25, 0.3) is 0 Å². The molecule has 0 spiro atoms. The Hall–Kier alpha value is -0.160. The third-order valence-corrected chi connectivity index (χ3v) is 3.55. The molecule has 2 rings (SSSR count). The first-order chi connectivity index (χ1) is 6.56. The molecule has 4 heteroatoms. The van der Waals surface area contributed by atoms with Gasteiger partial charge in [-0.2, -0.15) is 0 Å². The summed E-state index contributed by atoms with van der Waals surface area (Å²) in [6.45, 7) is 2.36. The molecule has 0 bridgehead atoms. The van der Waals surface area contributed by atoms with Crippen molar-refractivity contribution in [3.63, 3.8) is 0 Å². The lowest BCUT2D eigenvalue weighted by atomic mass is 9.83. The van der Waals surface area contributed by atoms with E-state index in [2.05, 4.69) is 0 Å². The van der Waals surface area contributed by atoms with E-state index in [1.807, 2.05) is 0 Å². The summed E-state index contributed by atoms with van der Waals surface area (Å²) in [5.41, 5.74) is -0.870. The van der Waals surface area contributed by atoms with Crippen molar-refractivity contribution < 1.29 is 19.7 Å². The number of hydrogen-bond acceptors (Lipinski definition) is 4. The number of rotatable bonds is 1. The molecule has 1 aliphatic heterocycles. The van der Waals surface area contributed by atoms with Gasteiger partial charge in [-0.25, -0.2) is 0 Å². The van der Waals surface area contributed by atoms with E-state index in [0.717, 1.165) is 6.42 Å². The molecule has 5 atom stereocenters. The minimum atomic E-state index is -0.870. The summed E-state index contributed by atoms with van der Waals surface area (Å²) in [6.07, 6.45) is 0.436. The van der Waals surface area contributed by atoms with Crippen LogP contribution in [0.1, 0.15) is 19.8 Å². The molecule has 0 aromatic rings. The van der Waals surface area contributed by atoms with Crippen LogP contribution in [0.25, 0.3) is 0 Å². The highest BCUT2D eigenvalue weighted by atomic mass is 16.7. The number of aliphatic hydroxyl groups excluding tert-OH is 1. The Bertz CT molecular complexity index is 216. The highest BCUT2D eigenvalue weighted by molar-refractivity contribution is 5.01. The molecule has 1 aliphatic carbocycles. The van der Waals surface area contributed by atoms with Gasteiger partial charge in [-0.05, 0) is 19.3 Å². The summed E-state index contributed by atoms with van der Waals surface area (Å²) >= 11 is 0. The summed E-state index contributed by atoms with van der Waals surface area (Å²) < 4.78 is 10.6. The summed E-state index contributed by atoms with van der Waals surface area (Å²) in [4.78, 5) is 0. The van der Waals surface area contributed by atoms with Crippen LogP contribution in [-0.4, -0.2) is 41.9 Å². The number of ether oxygens (including phenoxy) is 2. The number of methoxy groups -OCH3 is 1. The second kappa shape index (κ2) is 3.45. The summed E-state index contributed by atoms with van der Waals surface area (Å²) in [7, 11) is 1.58. The second-order valence-corrected chi connectivity index (χ2v) is 4.58. The van der Waals surface area contributed by atoms with Crippen LogP contribution < -0.4 is 0 Å². The molecule has 82 valence electrons. The fourth-order valence-corrected chi connectivity index (χ4v) is 2.92. The number of fused-ring (bicyclic) bond motifs is 1. The molecule has 1 saturated heterocycles. The van der Waals surface area contributed by atoms with Crippen LogP contribution in [0, 0.1) is 11.8 Å². The zero-order chi connectivity index (χ0) is 10.3. The van der Waals surface area contributed by atoms with Gasteiger partial charge >= 0.3 is 0 Å². The molecule has 4 nitrogen and oxygen atoms in total. The normalized spacial score (nSPS) is 53.1. The summed E-state index contributed by atoms with van der Waals surface area (Å²) in [6, 6.07) is 0. The maximum Gasteiger partial charge on any atom is 0.163 e. The van der Waals surface area contributed by atoms with E-state index in [1.165, 1.54) is 0 Å². The molecular formula is C10H18O4. The van der Waals surface area contributed by atoms with Crippen LogP contribution in [0.2, 0.25) is 0 Å². The lowest BCUT2D eigenvalue weighted by Gasteiger charge is -2.38. The van der Waals surface area contributed by atoms with Crippen LogP contribution in [0.3, 0.4) is 0 Å². The Kier molecular flexibility index (Phi) is 2.55.